The molecule has 116 valence electrons. The lowest BCUT2D eigenvalue weighted by Crippen LogP contribution is -2.39. The van der Waals surface area contributed by atoms with Gasteiger partial charge in [-0.2, -0.15) is 0 Å². The molecule has 1 unspecified atom stereocenters. The van der Waals surface area contributed by atoms with Crippen molar-refractivity contribution in [1.29, 1.82) is 0 Å². The highest BCUT2D eigenvalue weighted by Gasteiger charge is 2.47. The number of hydrogen-bond donors (Lipinski definition) is 0. The molecule has 1 aromatic rings. The third-order valence-corrected chi connectivity index (χ3v) is 10.2. The second kappa shape index (κ2) is 5.09. The Morgan fingerprint density at radius 2 is 1.95 bits per heavy atom. The molecule has 2 rings (SSSR count). The van der Waals surface area contributed by atoms with Crippen molar-refractivity contribution in [2.45, 2.75) is 57.5 Å². The lowest BCUT2D eigenvalue weighted by atomic mass is 9.82. The minimum absolute atomic E-state index is 0.00302. The number of fused-ring (bicyclic) bond motifs is 1. The second-order valence-electron chi connectivity index (χ2n) is 8.38. The second-order valence-corrected chi connectivity index (χ2v) is 18.1. The van der Waals surface area contributed by atoms with Crippen molar-refractivity contribution in [1.82, 2.24) is 0 Å². The summed E-state index contributed by atoms with van der Waals surface area (Å²) in [6.45, 7) is 13.6. The van der Waals surface area contributed by atoms with Crippen LogP contribution in [-0.2, 0) is 10.2 Å². The zero-order valence-corrected chi connectivity index (χ0v) is 16.5. The molecule has 1 aromatic carbocycles. The van der Waals surface area contributed by atoms with Crippen molar-refractivity contribution in [2.75, 3.05) is 7.11 Å². The quantitative estimate of drug-likeness (QED) is 0.790. The first-order valence-corrected chi connectivity index (χ1v) is 14.4. The van der Waals surface area contributed by atoms with E-state index in [0.29, 0.717) is 11.8 Å². The minimum Gasteiger partial charge on any atom is -0.497 e. The van der Waals surface area contributed by atoms with Crippen molar-refractivity contribution in [2.24, 2.45) is 0 Å². The topological polar surface area (TPSA) is 26.3 Å². The molecule has 0 fully saturated rings. The highest BCUT2D eigenvalue weighted by molar-refractivity contribution is 7.03. The van der Waals surface area contributed by atoms with Crippen LogP contribution in [0.25, 0.3) is 0 Å². The van der Waals surface area contributed by atoms with E-state index in [1.165, 1.54) is 16.8 Å². The number of methoxy groups -OCH3 is 1. The van der Waals surface area contributed by atoms with E-state index in [4.69, 9.17) is 4.74 Å². The highest BCUT2D eigenvalue weighted by Crippen LogP contribution is 2.44. The molecule has 0 N–H and O–H groups in total. The van der Waals surface area contributed by atoms with E-state index < -0.39 is 16.1 Å². The third-order valence-electron chi connectivity index (χ3n) is 4.83. The zero-order chi connectivity index (χ0) is 16.1. The van der Waals surface area contributed by atoms with E-state index in [0.717, 1.165) is 5.75 Å². The molecule has 4 heteroatoms. The molecule has 0 amide bonds. The first-order chi connectivity index (χ1) is 9.49. The van der Waals surface area contributed by atoms with E-state index in [1.54, 1.807) is 7.11 Å². The summed E-state index contributed by atoms with van der Waals surface area (Å²) in [7, 11) is -1.46. The number of ether oxygens (including phenoxy) is 1. The molecule has 1 atom stereocenters. The summed E-state index contributed by atoms with van der Waals surface area (Å²) in [5, 5.41) is 2.00. The number of benzene rings is 1. The highest BCUT2D eigenvalue weighted by atomic mass is 28.3. The molecule has 0 aliphatic carbocycles. The molecular formula is C17H28O2Si2. The fraction of sp³-hybridized carbons (Fsp3) is 0.588. The summed E-state index contributed by atoms with van der Waals surface area (Å²) in [6, 6.07) is 7.65. The molecule has 1 heterocycles. The van der Waals surface area contributed by atoms with Crippen molar-refractivity contribution >= 4 is 26.7 Å². The van der Waals surface area contributed by atoms with E-state index in [9.17, 15) is 4.79 Å². The molecule has 1 aliphatic heterocycles. The van der Waals surface area contributed by atoms with Crippen molar-refractivity contribution in [3.05, 3.63) is 23.8 Å². The average Bonchev–Trinajstić information content (AvgIpc) is 2.55. The van der Waals surface area contributed by atoms with Gasteiger partial charge in [0.1, 0.15) is 19.2 Å². The van der Waals surface area contributed by atoms with Gasteiger partial charge in [-0.25, -0.2) is 0 Å². The summed E-state index contributed by atoms with van der Waals surface area (Å²) in [5.74, 6) is 0.909. The van der Waals surface area contributed by atoms with E-state index in [-0.39, 0.29) is 5.41 Å². The van der Waals surface area contributed by atoms with E-state index >= 15 is 0 Å². The third kappa shape index (κ3) is 3.02. The molecule has 2 nitrogen and oxygen atoms in total. The van der Waals surface area contributed by atoms with Gasteiger partial charge in [-0.1, -0.05) is 50.9 Å². The Labute approximate surface area is 130 Å². The van der Waals surface area contributed by atoms with Gasteiger partial charge in [-0.3, -0.25) is 0 Å². The van der Waals surface area contributed by atoms with Gasteiger partial charge in [0.05, 0.1) is 15.2 Å². The van der Waals surface area contributed by atoms with Gasteiger partial charge in [-0.05, 0) is 29.2 Å². The van der Waals surface area contributed by atoms with Gasteiger partial charge in [0.25, 0.3) is 0 Å². The number of hydrogen-bond acceptors (Lipinski definition) is 2. The molecule has 1 aliphatic rings. The predicted molar refractivity (Wildman–Crippen MR) is 95.2 cm³/mol. The Morgan fingerprint density at radius 1 is 1.33 bits per heavy atom. The largest absolute Gasteiger partial charge is 0.497 e. The first kappa shape index (κ1) is 16.5. The van der Waals surface area contributed by atoms with Crippen LogP contribution in [0, 0.1) is 0 Å². The smallest absolute Gasteiger partial charge is 0.123 e. The maximum atomic E-state index is 12.6. The van der Waals surface area contributed by atoms with Crippen LogP contribution in [-0.4, -0.2) is 28.7 Å². The monoisotopic (exact) mass is 320 g/mol. The average molecular weight is 321 g/mol. The maximum Gasteiger partial charge on any atom is 0.123 e. The molecular weight excluding hydrogens is 292 g/mol. The molecule has 0 aromatic heterocycles. The number of carbonyl (C=O) groups is 1. The fourth-order valence-electron chi connectivity index (χ4n) is 3.68. The Bertz CT molecular complexity index is 573. The summed E-state index contributed by atoms with van der Waals surface area (Å²) < 4.78 is 5.41. The molecule has 0 saturated carbocycles. The van der Waals surface area contributed by atoms with Gasteiger partial charge in [0, 0.05) is 6.42 Å². The van der Waals surface area contributed by atoms with Crippen LogP contribution in [0.2, 0.25) is 38.8 Å². The van der Waals surface area contributed by atoms with Crippen LogP contribution in [0.3, 0.4) is 0 Å². The zero-order valence-electron chi connectivity index (χ0n) is 14.5. The maximum absolute atomic E-state index is 12.6. The standard InChI is InChI=1S/C17H28O2Si2/c1-17(11-16(18)20(3,4)5)12-21(6,7)15-9-8-13(19-2)10-14(15)17/h8-10H,11-12H2,1-7H3. The summed E-state index contributed by atoms with van der Waals surface area (Å²) in [5.41, 5.74) is 1.36. The van der Waals surface area contributed by atoms with E-state index in [1.807, 2.05) is 0 Å². The SMILES string of the molecule is COc1ccc2c(c1)C(C)(CC(=O)[Si](C)(C)C)C[Si]2(C)C. The Kier molecular flexibility index (Phi) is 4.00. The first-order valence-electron chi connectivity index (χ1n) is 7.72. The van der Waals surface area contributed by atoms with Crippen molar-refractivity contribution in [3.63, 3.8) is 0 Å². The van der Waals surface area contributed by atoms with Crippen LogP contribution in [0.1, 0.15) is 18.9 Å². The normalized spacial score (nSPS) is 23.8. The van der Waals surface area contributed by atoms with Crippen molar-refractivity contribution in [3.8, 4) is 5.75 Å². The lowest BCUT2D eigenvalue weighted by Gasteiger charge is -2.29. The molecule has 21 heavy (non-hydrogen) atoms. The summed E-state index contributed by atoms with van der Waals surface area (Å²) in [6.07, 6.45) is 0.694. The van der Waals surface area contributed by atoms with Gasteiger partial charge >= 0.3 is 0 Å². The van der Waals surface area contributed by atoms with Gasteiger partial charge in [0.2, 0.25) is 0 Å². The van der Waals surface area contributed by atoms with Crippen LogP contribution < -0.4 is 9.92 Å². The van der Waals surface area contributed by atoms with Gasteiger partial charge < -0.3 is 9.53 Å². The van der Waals surface area contributed by atoms with Crippen LogP contribution in [0.5, 0.6) is 5.75 Å². The van der Waals surface area contributed by atoms with Crippen LogP contribution >= 0.6 is 0 Å². The molecule has 0 saturated heterocycles. The Balaban J connectivity index is 2.46. The summed E-state index contributed by atoms with van der Waals surface area (Å²) >= 11 is 0. The summed E-state index contributed by atoms with van der Waals surface area (Å²) in [4.78, 5) is 12.6. The fourth-order valence-corrected chi connectivity index (χ4v) is 8.70. The predicted octanol–water partition coefficient (Wildman–Crippen LogP) is 3.72. The van der Waals surface area contributed by atoms with Crippen LogP contribution in [0.4, 0.5) is 0 Å². The van der Waals surface area contributed by atoms with E-state index in [2.05, 4.69) is 57.9 Å². The molecule has 0 spiro atoms. The minimum atomic E-state index is -1.72. The van der Waals surface area contributed by atoms with Crippen molar-refractivity contribution < 1.29 is 9.53 Å². The number of rotatable bonds is 4. The molecule has 0 bridgehead atoms. The number of carbonyl (C=O) groups excluding carboxylic acids is 1. The van der Waals surface area contributed by atoms with Gasteiger partial charge in [-0.15, -0.1) is 0 Å². The Morgan fingerprint density at radius 3 is 2.48 bits per heavy atom. The molecule has 0 radical (unpaired) electrons. The lowest BCUT2D eigenvalue weighted by molar-refractivity contribution is -0.113. The van der Waals surface area contributed by atoms with Crippen LogP contribution in [0.15, 0.2) is 18.2 Å². The Hall–Kier alpha value is -0.876. The van der Waals surface area contributed by atoms with Gasteiger partial charge in [0.15, 0.2) is 0 Å².